The zero-order chi connectivity index (χ0) is 85.9. The van der Waals surface area contributed by atoms with E-state index >= 15 is 0 Å². The van der Waals surface area contributed by atoms with Crippen molar-refractivity contribution in [3.63, 3.8) is 0 Å². The van der Waals surface area contributed by atoms with E-state index in [1.54, 1.807) is 209 Å². The van der Waals surface area contributed by atoms with Crippen molar-refractivity contribution in [2.24, 2.45) is 16.2 Å². The second kappa shape index (κ2) is 69.7. The highest BCUT2D eigenvalue weighted by atomic mass is 33.1. The Hall–Kier alpha value is -6.41. The molecule has 0 aliphatic carbocycles. The van der Waals surface area contributed by atoms with Gasteiger partial charge in [0.15, 0.2) is 0 Å². The van der Waals surface area contributed by atoms with Gasteiger partial charge in [0.25, 0.3) is 0 Å². The van der Waals surface area contributed by atoms with Gasteiger partial charge in [0.05, 0.1) is 36.1 Å². The number of carbonyl (C=O) groups is 8. The van der Waals surface area contributed by atoms with E-state index in [0.717, 1.165) is 54.6 Å². The highest BCUT2D eigenvalue weighted by Crippen LogP contribution is 2.39. The Morgan fingerprint density at radius 1 is 0.307 bits per heavy atom. The van der Waals surface area contributed by atoms with Crippen LogP contribution in [0.1, 0.15) is 102 Å². The van der Waals surface area contributed by atoms with Crippen molar-refractivity contribution in [1.29, 1.82) is 0 Å². The van der Waals surface area contributed by atoms with Gasteiger partial charge in [-0.2, -0.15) is 0 Å². The molecule has 0 amide bonds. The molecule has 24 nitrogen and oxygen atoms in total. The minimum atomic E-state index is -0.791. The predicted molar refractivity (Wildman–Crippen MR) is 471 cm³/mol. The molecule has 34 heteroatoms. The van der Waals surface area contributed by atoms with Crippen LogP contribution in [0.15, 0.2) is 208 Å². The van der Waals surface area contributed by atoms with Crippen LogP contribution < -0.4 is 0 Å². The van der Waals surface area contributed by atoms with Gasteiger partial charge in [0.2, 0.25) is 0 Å². The van der Waals surface area contributed by atoms with Crippen LogP contribution in [0.5, 0.6) is 0 Å². The van der Waals surface area contributed by atoms with Gasteiger partial charge in [-0.3, -0.25) is 14.4 Å². The molecular formula is C80H113N5O19S10. The zero-order valence-corrected chi connectivity index (χ0v) is 76.3. The van der Waals surface area contributed by atoms with Gasteiger partial charge in [-0.1, -0.05) is 131 Å². The third kappa shape index (κ3) is 60.1. The van der Waals surface area contributed by atoms with Gasteiger partial charge in [-0.25, -0.2) is 48.9 Å². The van der Waals surface area contributed by atoms with Crippen molar-refractivity contribution in [2.75, 3.05) is 123 Å². The molecule has 0 radical (unpaired) electrons. The lowest BCUT2D eigenvalue weighted by atomic mass is 9.72. The summed E-state index contributed by atoms with van der Waals surface area (Å²) in [5.41, 5.74) is 0.210. The molecule has 5 aromatic rings. The molecule has 0 N–H and O–H groups in total. The van der Waals surface area contributed by atoms with E-state index in [0.29, 0.717) is 113 Å². The Kier molecular flexibility index (Phi) is 67.0. The van der Waals surface area contributed by atoms with Crippen molar-refractivity contribution >= 4 is 156 Å². The van der Waals surface area contributed by atoms with Crippen molar-refractivity contribution in [3.05, 3.63) is 183 Å². The molecule has 0 saturated heterocycles. The summed E-state index contributed by atoms with van der Waals surface area (Å²) in [6.45, 7) is 42.6. The molecule has 0 saturated carbocycles. The molecule has 0 fully saturated rings. The molecule has 5 heterocycles. The molecule has 0 aromatic carbocycles. The van der Waals surface area contributed by atoms with Crippen LogP contribution in [0, 0.1) is 16.2 Å². The Labute approximate surface area is 714 Å². The van der Waals surface area contributed by atoms with E-state index in [4.69, 9.17) is 33.2 Å². The number of methoxy groups -OCH3 is 3. The summed E-state index contributed by atoms with van der Waals surface area (Å²) in [7, 11) is 20.6. The molecule has 0 aliphatic heterocycles. The minimum absolute atomic E-state index is 0.117. The number of rotatable bonds is 46. The zero-order valence-electron chi connectivity index (χ0n) is 68.1. The average molecular weight is 1770 g/mol. The second-order valence-corrected chi connectivity index (χ2v) is 36.7. The van der Waals surface area contributed by atoms with Crippen LogP contribution in [-0.2, 0) is 90.5 Å². The van der Waals surface area contributed by atoms with Crippen LogP contribution in [0.3, 0.4) is 0 Å². The predicted octanol–water partition coefficient (Wildman–Crippen LogP) is 18.5. The molecule has 0 aliphatic rings. The molecule has 114 heavy (non-hydrogen) atoms. The maximum Gasteiger partial charge on any atom is 0.333 e. The Morgan fingerprint density at radius 3 is 0.746 bits per heavy atom. The molecular weight excluding hydrogens is 1660 g/mol. The summed E-state index contributed by atoms with van der Waals surface area (Å²) < 4.78 is 54.4. The molecule has 5 aromatic heterocycles. The third-order valence-electron chi connectivity index (χ3n) is 13.3. The maximum absolute atomic E-state index is 12.7. The van der Waals surface area contributed by atoms with Gasteiger partial charge in [0, 0.05) is 109 Å². The number of esters is 8. The number of carbonyl (C=O) groups excluding carboxylic acids is 8. The first-order chi connectivity index (χ1) is 54.3. The standard InChI is InChI=1S/C20H31NO5S2.C13H19NO2S2.3C11H13NO2S2.2C7H12O3/c1-6-20(4,15-19(2,3)17(22)25-12-11-24-5)18(23)26-13-14-27-28-16-9-7-8-10-21-16;1-4-13(2,3)12(15)16-9-10-17-18-11-7-5-6-8-14-11;3*1-9(2)11(13)14-7-8-15-16-10-5-3-4-6-12-10;2*1-6(2)7(8)10-5-4-9-3/h7-10H,6,11-15H2,1-5H3;5-8H,4,9-10H2,1-3H3;3*3-6H,1,7-8H2,2H3;2*1,4-5H2,2-3H3. The fraction of sp³-hybridized carbons (Fsp3) is 0.463. The van der Waals surface area contributed by atoms with Gasteiger partial charge < -0.3 is 52.1 Å². The quantitative estimate of drug-likeness (QED) is 0.0115. The van der Waals surface area contributed by atoms with Crippen molar-refractivity contribution in [2.45, 2.75) is 127 Å². The molecule has 632 valence electrons. The number of pyridine rings is 5. The molecule has 0 bridgehead atoms. The summed E-state index contributed by atoms with van der Waals surface area (Å²) >= 11 is 0. The molecule has 1 atom stereocenters. The Bertz CT molecular complexity index is 3350. The summed E-state index contributed by atoms with van der Waals surface area (Å²) in [5, 5.41) is 4.77. The largest absolute Gasteiger partial charge is 0.464 e. The first-order valence-electron chi connectivity index (χ1n) is 35.4. The lowest BCUT2D eigenvalue weighted by Gasteiger charge is -2.33. The van der Waals surface area contributed by atoms with Crippen LogP contribution in [-0.4, -0.2) is 195 Å². The summed E-state index contributed by atoms with van der Waals surface area (Å²) in [6, 6.07) is 28.8. The molecule has 1 unspecified atom stereocenters. The highest BCUT2D eigenvalue weighted by Gasteiger charge is 2.43. The number of hydrogen-bond acceptors (Lipinski definition) is 34. The monoisotopic (exact) mass is 1770 g/mol. The summed E-state index contributed by atoms with van der Waals surface area (Å²) in [4.78, 5) is 112. The Balaban J connectivity index is 0. The van der Waals surface area contributed by atoms with Crippen molar-refractivity contribution < 1.29 is 90.5 Å². The van der Waals surface area contributed by atoms with E-state index in [1.165, 1.54) is 0 Å². The first kappa shape index (κ1) is 110. The highest BCUT2D eigenvalue weighted by molar-refractivity contribution is 8.77. The SMILES string of the molecule is C=C(C)C(=O)OCCOC.C=C(C)C(=O)OCCOC.C=C(C)C(=O)OCCSSc1ccccn1.C=C(C)C(=O)OCCSSc1ccccn1.C=C(C)C(=O)OCCSSc1ccccn1.CCC(C)(C)C(=O)OCCSSc1ccccn1.CCC(C)(CC(C)(C)C(=O)OCCOC)C(=O)OCCSSc1ccccn1. The lowest BCUT2D eigenvalue weighted by molar-refractivity contribution is -0.163. The number of ether oxygens (including phenoxy) is 11. The molecule has 0 spiro atoms. The number of nitrogens with zero attached hydrogens (tertiary/aromatic N) is 5. The maximum atomic E-state index is 12.7. The Morgan fingerprint density at radius 2 is 0.526 bits per heavy atom. The fourth-order valence-electron chi connectivity index (χ4n) is 6.70. The van der Waals surface area contributed by atoms with E-state index in [-0.39, 0.29) is 59.8 Å². The van der Waals surface area contributed by atoms with Gasteiger partial charge in [-0.15, -0.1) is 0 Å². The van der Waals surface area contributed by atoms with E-state index in [1.807, 2.05) is 126 Å². The minimum Gasteiger partial charge on any atom is -0.464 e. The van der Waals surface area contributed by atoms with E-state index < -0.39 is 10.8 Å². The smallest absolute Gasteiger partial charge is 0.333 e. The van der Waals surface area contributed by atoms with E-state index in [2.05, 4.69) is 76.8 Å². The topological polar surface area (TPSA) is 303 Å². The van der Waals surface area contributed by atoms with Gasteiger partial charge in [0.1, 0.15) is 78.0 Å². The van der Waals surface area contributed by atoms with Crippen LogP contribution in [0.25, 0.3) is 0 Å². The van der Waals surface area contributed by atoms with Crippen molar-refractivity contribution in [1.82, 2.24) is 24.9 Å². The molecule has 5 rings (SSSR count). The second-order valence-electron chi connectivity index (χ2n) is 24.5. The lowest BCUT2D eigenvalue weighted by Crippen LogP contribution is -2.39. The fourth-order valence-corrected chi connectivity index (χ4v) is 15.2. The summed E-state index contributed by atoms with van der Waals surface area (Å²) in [5.74, 6) is 1.19. The first-order valence-corrected chi connectivity index (χ1v) is 47.0. The van der Waals surface area contributed by atoms with Crippen molar-refractivity contribution in [3.8, 4) is 0 Å². The van der Waals surface area contributed by atoms with Gasteiger partial charge in [-0.05, 0) is 203 Å². The van der Waals surface area contributed by atoms with E-state index in [9.17, 15) is 38.4 Å². The third-order valence-corrected chi connectivity index (χ3v) is 24.5. The summed E-state index contributed by atoms with van der Waals surface area (Å²) in [6.07, 6.45) is 10.5. The average Bonchev–Trinajstić information content (AvgIpc) is 0.815. The number of hydrogen-bond donors (Lipinski definition) is 0. The normalized spacial score (nSPS) is 10.8. The number of aromatic nitrogens is 5. The van der Waals surface area contributed by atoms with Crippen LogP contribution >= 0.6 is 108 Å². The van der Waals surface area contributed by atoms with Crippen LogP contribution in [0.2, 0.25) is 0 Å². The van der Waals surface area contributed by atoms with Crippen LogP contribution in [0.4, 0.5) is 0 Å². The van der Waals surface area contributed by atoms with Gasteiger partial charge >= 0.3 is 47.8 Å².